The van der Waals surface area contributed by atoms with Gasteiger partial charge in [0.1, 0.15) is 6.07 Å². The Bertz CT molecular complexity index is 437. The molecule has 14 heavy (non-hydrogen) atoms. The highest BCUT2D eigenvalue weighted by molar-refractivity contribution is 6.12. The predicted molar refractivity (Wildman–Crippen MR) is 49.7 cm³/mol. The molecule has 1 N–H and O–H groups in total. The standard InChI is InChI=1S/C10H7N3O/c11-6-5-8-3-1-2-4-9(8)10(7-12)13-14/h1-4,14H,5H2. The molecule has 68 valence electrons. The van der Waals surface area contributed by atoms with Crippen LogP contribution in [0.5, 0.6) is 0 Å². The molecule has 1 aromatic carbocycles. The minimum absolute atomic E-state index is 0.0733. The van der Waals surface area contributed by atoms with Crippen LogP contribution >= 0.6 is 0 Å². The molecule has 0 amide bonds. The van der Waals surface area contributed by atoms with Gasteiger partial charge >= 0.3 is 0 Å². The summed E-state index contributed by atoms with van der Waals surface area (Å²) in [6.07, 6.45) is 0.191. The van der Waals surface area contributed by atoms with E-state index in [0.29, 0.717) is 11.1 Å². The van der Waals surface area contributed by atoms with Gasteiger partial charge in [0.05, 0.1) is 12.5 Å². The van der Waals surface area contributed by atoms with E-state index in [2.05, 4.69) is 5.16 Å². The van der Waals surface area contributed by atoms with Crippen molar-refractivity contribution in [3.63, 3.8) is 0 Å². The first-order chi connectivity index (χ1) is 6.83. The monoisotopic (exact) mass is 185 g/mol. The Kier molecular flexibility index (Phi) is 3.23. The Balaban J connectivity index is 3.22. The van der Waals surface area contributed by atoms with Crippen LogP contribution in [0.1, 0.15) is 11.1 Å². The number of rotatable bonds is 2. The summed E-state index contributed by atoms with van der Waals surface area (Å²) >= 11 is 0. The van der Waals surface area contributed by atoms with E-state index in [1.807, 2.05) is 6.07 Å². The minimum Gasteiger partial charge on any atom is -0.410 e. The predicted octanol–water partition coefficient (Wildman–Crippen LogP) is 1.45. The molecule has 0 fully saturated rings. The van der Waals surface area contributed by atoms with Gasteiger partial charge in [-0.25, -0.2) is 0 Å². The van der Waals surface area contributed by atoms with Crippen LogP contribution in [0, 0.1) is 22.7 Å². The fraction of sp³-hybridized carbons (Fsp3) is 0.100. The van der Waals surface area contributed by atoms with Gasteiger partial charge in [-0.05, 0) is 5.56 Å². The van der Waals surface area contributed by atoms with Gasteiger partial charge in [-0.15, -0.1) is 0 Å². The first-order valence-electron chi connectivity index (χ1n) is 3.91. The average molecular weight is 185 g/mol. The number of benzene rings is 1. The van der Waals surface area contributed by atoms with E-state index in [0.717, 1.165) is 0 Å². The molecule has 0 aliphatic heterocycles. The molecule has 1 rings (SSSR count). The molecule has 0 aliphatic carbocycles. The molecular weight excluding hydrogens is 178 g/mol. The van der Waals surface area contributed by atoms with Crippen LogP contribution in [-0.4, -0.2) is 10.9 Å². The molecule has 0 aliphatic rings. The Morgan fingerprint density at radius 1 is 1.36 bits per heavy atom. The molecule has 4 nitrogen and oxygen atoms in total. The van der Waals surface area contributed by atoms with Gasteiger partial charge in [0, 0.05) is 5.56 Å². The van der Waals surface area contributed by atoms with E-state index in [4.69, 9.17) is 15.7 Å². The fourth-order valence-electron chi connectivity index (χ4n) is 1.13. The molecule has 0 atom stereocenters. The number of hydrogen-bond acceptors (Lipinski definition) is 4. The van der Waals surface area contributed by atoms with Crippen molar-refractivity contribution in [2.75, 3.05) is 0 Å². The van der Waals surface area contributed by atoms with Gasteiger partial charge < -0.3 is 5.21 Å². The Hall–Kier alpha value is -2.33. The summed E-state index contributed by atoms with van der Waals surface area (Å²) in [6, 6.07) is 10.6. The second-order valence-corrected chi connectivity index (χ2v) is 2.55. The van der Waals surface area contributed by atoms with Gasteiger partial charge in [0.2, 0.25) is 0 Å². The SMILES string of the molecule is N#CCc1ccccc1C(C#N)=NO. The maximum Gasteiger partial charge on any atom is 0.187 e. The largest absolute Gasteiger partial charge is 0.410 e. The molecule has 0 saturated carbocycles. The van der Waals surface area contributed by atoms with E-state index in [1.165, 1.54) is 0 Å². The molecule has 0 saturated heterocycles. The van der Waals surface area contributed by atoms with Crippen molar-refractivity contribution in [1.82, 2.24) is 0 Å². The van der Waals surface area contributed by atoms with Crippen molar-refractivity contribution in [3.8, 4) is 12.1 Å². The van der Waals surface area contributed by atoms with Crippen LogP contribution in [0.25, 0.3) is 0 Å². The van der Waals surface area contributed by atoms with Crippen LogP contribution < -0.4 is 0 Å². The summed E-state index contributed by atoms with van der Waals surface area (Å²) < 4.78 is 0. The van der Waals surface area contributed by atoms with Gasteiger partial charge in [0.15, 0.2) is 5.71 Å². The van der Waals surface area contributed by atoms with Crippen molar-refractivity contribution >= 4 is 5.71 Å². The normalized spacial score (nSPS) is 10.3. The third-order valence-electron chi connectivity index (χ3n) is 1.75. The molecule has 0 heterocycles. The van der Waals surface area contributed by atoms with Gasteiger partial charge in [-0.3, -0.25) is 0 Å². The topological polar surface area (TPSA) is 80.2 Å². The van der Waals surface area contributed by atoms with Gasteiger partial charge in [0.25, 0.3) is 0 Å². The Morgan fingerprint density at radius 2 is 2.07 bits per heavy atom. The number of oxime groups is 1. The first kappa shape index (κ1) is 9.76. The molecular formula is C10H7N3O. The summed E-state index contributed by atoms with van der Waals surface area (Å²) in [6.45, 7) is 0. The summed E-state index contributed by atoms with van der Waals surface area (Å²) in [5.41, 5.74) is 1.11. The smallest absolute Gasteiger partial charge is 0.187 e. The molecule has 0 bridgehead atoms. The lowest BCUT2D eigenvalue weighted by molar-refractivity contribution is 0.320. The van der Waals surface area contributed by atoms with E-state index < -0.39 is 0 Å². The molecule has 4 heteroatoms. The molecule has 0 radical (unpaired) electrons. The zero-order chi connectivity index (χ0) is 10.4. The maximum absolute atomic E-state index is 8.65. The van der Waals surface area contributed by atoms with Crippen molar-refractivity contribution in [3.05, 3.63) is 35.4 Å². The lowest BCUT2D eigenvalue weighted by Crippen LogP contribution is -2.01. The minimum atomic E-state index is -0.0733. The summed E-state index contributed by atoms with van der Waals surface area (Å²) in [4.78, 5) is 0. The van der Waals surface area contributed by atoms with Crippen LogP contribution in [0.3, 0.4) is 0 Å². The number of nitriles is 2. The van der Waals surface area contributed by atoms with Gasteiger partial charge in [-0.1, -0.05) is 29.4 Å². The summed E-state index contributed by atoms with van der Waals surface area (Å²) in [7, 11) is 0. The second-order valence-electron chi connectivity index (χ2n) is 2.55. The molecule has 0 unspecified atom stereocenters. The fourth-order valence-corrected chi connectivity index (χ4v) is 1.13. The third-order valence-corrected chi connectivity index (χ3v) is 1.75. The van der Waals surface area contributed by atoms with E-state index in [9.17, 15) is 0 Å². The van der Waals surface area contributed by atoms with Crippen LogP contribution in [-0.2, 0) is 6.42 Å². The lowest BCUT2D eigenvalue weighted by Gasteiger charge is -2.01. The number of hydrogen-bond donors (Lipinski definition) is 1. The quantitative estimate of drug-likeness (QED) is 0.430. The highest BCUT2D eigenvalue weighted by Gasteiger charge is 2.07. The van der Waals surface area contributed by atoms with Crippen LogP contribution in [0.4, 0.5) is 0 Å². The summed E-state index contributed by atoms with van der Waals surface area (Å²) in [5.74, 6) is 0. The van der Waals surface area contributed by atoms with Crippen LogP contribution in [0.2, 0.25) is 0 Å². The lowest BCUT2D eigenvalue weighted by atomic mass is 10.0. The Labute approximate surface area is 81.3 Å². The third kappa shape index (κ3) is 1.88. The van der Waals surface area contributed by atoms with Crippen molar-refractivity contribution in [2.45, 2.75) is 6.42 Å². The Morgan fingerprint density at radius 3 is 2.64 bits per heavy atom. The van der Waals surface area contributed by atoms with Crippen molar-refractivity contribution < 1.29 is 5.21 Å². The second kappa shape index (κ2) is 4.64. The summed E-state index contributed by atoms with van der Waals surface area (Å²) in [5, 5.41) is 28.6. The maximum atomic E-state index is 8.65. The van der Waals surface area contributed by atoms with E-state index >= 15 is 0 Å². The highest BCUT2D eigenvalue weighted by atomic mass is 16.4. The molecule has 1 aromatic rings. The number of nitrogens with zero attached hydrogens (tertiary/aromatic N) is 3. The van der Waals surface area contributed by atoms with Gasteiger partial charge in [-0.2, -0.15) is 10.5 Å². The zero-order valence-corrected chi connectivity index (χ0v) is 7.31. The van der Waals surface area contributed by atoms with E-state index in [1.54, 1.807) is 30.3 Å². The molecule has 0 aromatic heterocycles. The first-order valence-corrected chi connectivity index (χ1v) is 3.91. The van der Waals surface area contributed by atoms with Crippen molar-refractivity contribution in [1.29, 1.82) is 10.5 Å². The molecule has 0 spiro atoms. The zero-order valence-electron chi connectivity index (χ0n) is 7.31. The van der Waals surface area contributed by atoms with Crippen molar-refractivity contribution in [2.24, 2.45) is 5.16 Å². The highest BCUT2D eigenvalue weighted by Crippen LogP contribution is 2.10. The van der Waals surface area contributed by atoms with Crippen LogP contribution in [0.15, 0.2) is 29.4 Å². The average Bonchev–Trinajstić information content (AvgIpc) is 2.23. The van der Waals surface area contributed by atoms with E-state index in [-0.39, 0.29) is 12.1 Å².